The molecule has 0 unspecified atom stereocenters. The number of carbonyl (C=O) groups is 1. The van der Waals surface area contributed by atoms with Gasteiger partial charge in [0.1, 0.15) is 0 Å². The summed E-state index contributed by atoms with van der Waals surface area (Å²) in [5.41, 5.74) is 0.684. The number of benzene rings is 1. The molecule has 0 saturated carbocycles. The second-order valence-electron chi connectivity index (χ2n) is 7.05. The van der Waals surface area contributed by atoms with Crippen LogP contribution in [0.5, 0.6) is 0 Å². The van der Waals surface area contributed by atoms with Crippen molar-refractivity contribution >= 4 is 28.7 Å². The van der Waals surface area contributed by atoms with Crippen LogP contribution in [-0.2, 0) is 6.42 Å². The number of hydrogen-bond donors (Lipinski definition) is 1. The van der Waals surface area contributed by atoms with Crippen LogP contribution in [0.4, 0.5) is 4.79 Å². The maximum absolute atomic E-state index is 11.6. The second kappa shape index (κ2) is 6.33. The number of carboxylic acid groups (broad SMARTS) is 1. The first-order valence-corrected chi connectivity index (χ1v) is 7.84. The summed E-state index contributed by atoms with van der Waals surface area (Å²) < 4.78 is 1.19. The molecule has 0 radical (unpaired) electrons. The Morgan fingerprint density at radius 3 is 2.05 bits per heavy atom. The largest absolute Gasteiger partial charge is 0.465 e. The molecule has 0 aliphatic carbocycles. The predicted octanol–water partition coefficient (Wildman–Crippen LogP) is 4.64. The standard InChI is InChI=1S/C16H24INO2/c1-15(2,3)11-18(14(19)20)16(4,5)10-12-6-8-13(17)9-7-12/h6-9H,10-11H2,1-5H3,(H,19,20). The predicted molar refractivity (Wildman–Crippen MR) is 91.1 cm³/mol. The molecule has 0 bridgehead atoms. The van der Waals surface area contributed by atoms with E-state index in [2.05, 4.69) is 67.6 Å². The van der Waals surface area contributed by atoms with E-state index in [0.717, 1.165) is 5.56 Å². The summed E-state index contributed by atoms with van der Waals surface area (Å²) in [6.07, 6.45) is -0.137. The van der Waals surface area contributed by atoms with Crippen LogP contribution in [0.3, 0.4) is 0 Å². The third kappa shape index (κ3) is 5.31. The van der Waals surface area contributed by atoms with Gasteiger partial charge in [-0.05, 0) is 66.0 Å². The van der Waals surface area contributed by atoms with Crippen molar-refractivity contribution in [3.8, 4) is 0 Å². The van der Waals surface area contributed by atoms with E-state index in [0.29, 0.717) is 13.0 Å². The fourth-order valence-corrected chi connectivity index (χ4v) is 2.57. The van der Waals surface area contributed by atoms with Crippen molar-refractivity contribution in [2.45, 2.75) is 46.6 Å². The highest BCUT2D eigenvalue weighted by molar-refractivity contribution is 14.1. The third-order valence-corrected chi connectivity index (χ3v) is 3.86. The molecule has 0 heterocycles. The van der Waals surface area contributed by atoms with Gasteiger partial charge in [0, 0.05) is 15.7 Å². The highest BCUT2D eigenvalue weighted by Gasteiger charge is 2.33. The lowest BCUT2D eigenvalue weighted by molar-refractivity contribution is 0.0687. The average Bonchev–Trinajstić information content (AvgIpc) is 2.27. The lowest BCUT2D eigenvalue weighted by Crippen LogP contribution is -2.51. The summed E-state index contributed by atoms with van der Waals surface area (Å²) in [5.74, 6) is 0. The van der Waals surface area contributed by atoms with Gasteiger partial charge < -0.3 is 10.0 Å². The molecule has 0 aliphatic rings. The third-order valence-electron chi connectivity index (χ3n) is 3.14. The van der Waals surface area contributed by atoms with E-state index >= 15 is 0 Å². The smallest absolute Gasteiger partial charge is 0.407 e. The van der Waals surface area contributed by atoms with Gasteiger partial charge in [0.2, 0.25) is 0 Å². The summed E-state index contributed by atoms with van der Waals surface area (Å²) in [4.78, 5) is 13.2. The summed E-state index contributed by atoms with van der Waals surface area (Å²) in [5, 5.41) is 9.52. The van der Waals surface area contributed by atoms with Crippen molar-refractivity contribution in [1.82, 2.24) is 4.90 Å². The lowest BCUT2D eigenvalue weighted by atomic mass is 9.89. The molecule has 1 aromatic rings. The van der Waals surface area contributed by atoms with Gasteiger partial charge in [-0.1, -0.05) is 32.9 Å². The maximum Gasteiger partial charge on any atom is 0.407 e. The molecule has 0 aromatic heterocycles. The van der Waals surface area contributed by atoms with Gasteiger partial charge in [0.15, 0.2) is 0 Å². The molecular formula is C16H24INO2. The molecule has 3 nitrogen and oxygen atoms in total. The molecule has 1 aromatic carbocycles. The monoisotopic (exact) mass is 389 g/mol. The van der Waals surface area contributed by atoms with Crippen LogP contribution < -0.4 is 0 Å². The van der Waals surface area contributed by atoms with Gasteiger partial charge in [0.05, 0.1) is 0 Å². The van der Waals surface area contributed by atoms with E-state index in [1.807, 2.05) is 13.8 Å². The second-order valence-corrected chi connectivity index (χ2v) is 8.29. The fourth-order valence-electron chi connectivity index (χ4n) is 2.21. The minimum atomic E-state index is -0.851. The number of hydrogen-bond acceptors (Lipinski definition) is 1. The number of rotatable bonds is 4. The Labute approximate surface area is 135 Å². The Morgan fingerprint density at radius 2 is 1.65 bits per heavy atom. The Morgan fingerprint density at radius 1 is 1.15 bits per heavy atom. The number of amides is 1. The minimum Gasteiger partial charge on any atom is -0.465 e. The molecule has 1 N–H and O–H groups in total. The van der Waals surface area contributed by atoms with Crippen LogP contribution in [0, 0.1) is 8.99 Å². The van der Waals surface area contributed by atoms with Gasteiger partial charge in [-0.3, -0.25) is 0 Å². The van der Waals surface area contributed by atoms with E-state index in [-0.39, 0.29) is 5.41 Å². The summed E-state index contributed by atoms with van der Waals surface area (Å²) in [7, 11) is 0. The van der Waals surface area contributed by atoms with Crippen LogP contribution in [-0.4, -0.2) is 28.2 Å². The summed E-state index contributed by atoms with van der Waals surface area (Å²) >= 11 is 2.27. The molecule has 20 heavy (non-hydrogen) atoms. The fraction of sp³-hybridized carbons (Fsp3) is 0.562. The van der Waals surface area contributed by atoms with Gasteiger partial charge in [0.25, 0.3) is 0 Å². The molecule has 0 spiro atoms. The highest BCUT2D eigenvalue weighted by atomic mass is 127. The van der Waals surface area contributed by atoms with E-state index in [4.69, 9.17) is 0 Å². The van der Waals surface area contributed by atoms with Crippen LogP contribution in [0.25, 0.3) is 0 Å². The van der Waals surface area contributed by atoms with Crippen LogP contribution in [0.2, 0.25) is 0 Å². The normalized spacial score (nSPS) is 12.3. The first-order chi connectivity index (χ1) is 9.01. The van der Waals surface area contributed by atoms with Gasteiger partial charge in [-0.25, -0.2) is 4.79 Å². The topological polar surface area (TPSA) is 40.5 Å². The Bertz CT molecular complexity index is 460. The first-order valence-electron chi connectivity index (χ1n) is 6.76. The van der Waals surface area contributed by atoms with E-state index in [1.165, 1.54) is 3.57 Å². The zero-order valence-electron chi connectivity index (χ0n) is 12.9. The first kappa shape index (κ1) is 17.3. The van der Waals surface area contributed by atoms with Crippen molar-refractivity contribution in [3.05, 3.63) is 33.4 Å². The van der Waals surface area contributed by atoms with Crippen LogP contribution in [0.1, 0.15) is 40.2 Å². The van der Waals surface area contributed by atoms with Gasteiger partial charge >= 0.3 is 6.09 Å². The Kier molecular flexibility index (Phi) is 5.46. The van der Waals surface area contributed by atoms with Crippen molar-refractivity contribution in [3.63, 3.8) is 0 Å². The maximum atomic E-state index is 11.6. The van der Waals surface area contributed by atoms with Crippen molar-refractivity contribution in [1.29, 1.82) is 0 Å². The van der Waals surface area contributed by atoms with Gasteiger partial charge in [-0.2, -0.15) is 0 Å². The van der Waals surface area contributed by atoms with E-state index < -0.39 is 11.6 Å². The molecular weight excluding hydrogens is 365 g/mol. The van der Waals surface area contributed by atoms with Crippen LogP contribution in [0.15, 0.2) is 24.3 Å². The number of halogens is 1. The van der Waals surface area contributed by atoms with E-state index in [1.54, 1.807) is 4.90 Å². The molecule has 112 valence electrons. The average molecular weight is 389 g/mol. The SMILES string of the molecule is CC(C)(C)CN(C(=O)O)C(C)(C)Cc1ccc(I)cc1. The van der Waals surface area contributed by atoms with Crippen molar-refractivity contribution in [2.75, 3.05) is 6.54 Å². The quantitative estimate of drug-likeness (QED) is 0.763. The Balaban J connectivity index is 2.92. The molecule has 4 heteroatoms. The highest BCUT2D eigenvalue weighted by Crippen LogP contribution is 2.26. The zero-order chi connectivity index (χ0) is 15.6. The van der Waals surface area contributed by atoms with Crippen molar-refractivity contribution < 1.29 is 9.90 Å². The van der Waals surface area contributed by atoms with E-state index in [9.17, 15) is 9.90 Å². The minimum absolute atomic E-state index is 0.0538. The van der Waals surface area contributed by atoms with Crippen molar-refractivity contribution in [2.24, 2.45) is 5.41 Å². The molecule has 0 fully saturated rings. The lowest BCUT2D eigenvalue weighted by Gasteiger charge is -2.40. The Hall–Kier alpha value is -0.780. The van der Waals surface area contributed by atoms with Crippen LogP contribution >= 0.6 is 22.6 Å². The summed E-state index contributed by atoms with van der Waals surface area (Å²) in [6, 6.07) is 8.25. The molecule has 0 saturated heterocycles. The summed E-state index contributed by atoms with van der Waals surface area (Å²) in [6.45, 7) is 10.7. The molecule has 0 atom stereocenters. The molecule has 0 aliphatic heterocycles. The molecule has 1 amide bonds. The zero-order valence-corrected chi connectivity index (χ0v) is 15.1. The molecule has 1 rings (SSSR count). The van der Waals surface area contributed by atoms with Gasteiger partial charge in [-0.15, -0.1) is 0 Å². The number of nitrogens with zero attached hydrogens (tertiary/aromatic N) is 1.